The van der Waals surface area contributed by atoms with Crippen LogP contribution in [0.1, 0.15) is 30.4 Å². The molecule has 3 rings (SSSR count). The van der Waals surface area contributed by atoms with Gasteiger partial charge in [-0.1, -0.05) is 24.3 Å². The molecule has 126 valence electrons. The Morgan fingerprint density at radius 1 is 1.26 bits per heavy atom. The van der Waals surface area contributed by atoms with Gasteiger partial charge in [0.2, 0.25) is 5.91 Å². The molecule has 23 heavy (non-hydrogen) atoms. The van der Waals surface area contributed by atoms with Crippen molar-refractivity contribution in [3.8, 4) is 0 Å². The first kappa shape index (κ1) is 16.3. The van der Waals surface area contributed by atoms with Crippen molar-refractivity contribution in [1.29, 1.82) is 0 Å². The number of rotatable bonds is 5. The van der Waals surface area contributed by atoms with Crippen LogP contribution < -0.4 is 10.6 Å². The van der Waals surface area contributed by atoms with Crippen LogP contribution in [-0.4, -0.2) is 42.4 Å². The van der Waals surface area contributed by atoms with E-state index in [1.54, 1.807) is 0 Å². The molecule has 0 spiro atoms. The minimum atomic E-state index is -2.78. The van der Waals surface area contributed by atoms with E-state index in [0.717, 1.165) is 25.2 Å². The third kappa shape index (κ3) is 4.26. The van der Waals surface area contributed by atoms with Gasteiger partial charge in [0.05, 0.1) is 12.6 Å². The molecule has 2 aliphatic rings. The molecule has 2 aliphatic heterocycles. The van der Waals surface area contributed by atoms with Gasteiger partial charge in [-0.05, 0) is 37.1 Å². The first-order valence-electron chi connectivity index (χ1n) is 8.22. The summed E-state index contributed by atoms with van der Waals surface area (Å²) >= 11 is 0. The molecule has 1 unspecified atom stereocenters. The zero-order valence-electron chi connectivity index (χ0n) is 13.2. The van der Waals surface area contributed by atoms with Crippen LogP contribution in [0.2, 0.25) is 0 Å². The third-order valence-corrected chi connectivity index (χ3v) is 4.59. The van der Waals surface area contributed by atoms with Crippen molar-refractivity contribution in [2.24, 2.45) is 0 Å². The summed E-state index contributed by atoms with van der Waals surface area (Å²) in [7, 11) is 0. The quantitative estimate of drug-likeness (QED) is 0.870. The highest BCUT2D eigenvalue weighted by Crippen LogP contribution is 2.25. The number of nitrogens with zero attached hydrogens (tertiary/aromatic N) is 1. The molecule has 0 aliphatic carbocycles. The molecular formula is C17H23F2N3O. The molecule has 0 bridgehead atoms. The van der Waals surface area contributed by atoms with Crippen LogP contribution in [0.5, 0.6) is 0 Å². The Morgan fingerprint density at radius 2 is 1.96 bits per heavy atom. The molecule has 2 saturated heterocycles. The van der Waals surface area contributed by atoms with E-state index in [4.69, 9.17) is 0 Å². The van der Waals surface area contributed by atoms with Gasteiger partial charge in [-0.2, -0.15) is 0 Å². The number of nitrogens with one attached hydrogen (secondary N) is 2. The standard InChI is InChI=1S/C17H23F2N3O/c18-17(19)9-15(21-12-17)16(23)20-10-13-5-1-2-6-14(13)11-22-7-3-4-8-22/h1-2,5-6,15,21H,3-4,7-12H2,(H,20,23). The number of hydrogen-bond acceptors (Lipinski definition) is 3. The maximum Gasteiger partial charge on any atom is 0.262 e. The van der Waals surface area contributed by atoms with Crippen molar-refractivity contribution < 1.29 is 13.6 Å². The second kappa shape index (κ2) is 6.93. The number of halogens is 2. The van der Waals surface area contributed by atoms with Gasteiger partial charge in [-0.15, -0.1) is 0 Å². The van der Waals surface area contributed by atoms with Gasteiger partial charge in [0, 0.05) is 19.5 Å². The second-order valence-electron chi connectivity index (χ2n) is 6.46. The highest BCUT2D eigenvalue weighted by molar-refractivity contribution is 5.82. The zero-order valence-corrected chi connectivity index (χ0v) is 13.2. The fourth-order valence-electron chi connectivity index (χ4n) is 3.27. The van der Waals surface area contributed by atoms with E-state index >= 15 is 0 Å². The van der Waals surface area contributed by atoms with E-state index < -0.39 is 24.9 Å². The number of alkyl halides is 2. The maximum absolute atomic E-state index is 13.2. The fourth-order valence-corrected chi connectivity index (χ4v) is 3.27. The Kier molecular flexibility index (Phi) is 4.92. The van der Waals surface area contributed by atoms with Gasteiger partial charge in [0.25, 0.3) is 5.92 Å². The highest BCUT2D eigenvalue weighted by atomic mass is 19.3. The normalized spacial score (nSPS) is 24.0. The van der Waals surface area contributed by atoms with E-state index in [0.29, 0.717) is 6.54 Å². The van der Waals surface area contributed by atoms with Gasteiger partial charge in [-0.25, -0.2) is 8.78 Å². The van der Waals surface area contributed by atoms with Crippen LogP contribution in [0.4, 0.5) is 8.78 Å². The molecule has 0 radical (unpaired) electrons. The summed E-state index contributed by atoms with van der Waals surface area (Å²) < 4.78 is 26.3. The van der Waals surface area contributed by atoms with Crippen molar-refractivity contribution in [2.45, 2.75) is 44.3 Å². The molecule has 4 nitrogen and oxygen atoms in total. The molecule has 1 atom stereocenters. The lowest BCUT2D eigenvalue weighted by Crippen LogP contribution is -2.40. The minimum Gasteiger partial charge on any atom is -0.351 e. The van der Waals surface area contributed by atoms with Crippen LogP contribution in [-0.2, 0) is 17.9 Å². The summed E-state index contributed by atoms with van der Waals surface area (Å²) in [4.78, 5) is 14.4. The summed E-state index contributed by atoms with van der Waals surface area (Å²) in [5.41, 5.74) is 2.25. The number of hydrogen-bond donors (Lipinski definition) is 2. The minimum absolute atomic E-state index is 0.349. The summed E-state index contributed by atoms with van der Waals surface area (Å²) in [5, 5.41) is 5.38. The maximum atomic E-state index is 13.2. The molecule has 1 aromatic rings. The largest absolute Gasteiger partial charge is 0.351 e. The topological polar surface area (TPSA) is 44.4 Å². The second-order valence-corrected chi connectivity index (χ2v) is 6.46. The predicted molar refractivity (Wildman–Crippen MR) is 84.2 cm³/mol. The number of benzene rings is 1. The third-order valence-electron chi connectivity index (χ3n) is 4.59. The Morgan fingerprint density at radius 3 is 2.61 bits per heavy atom. The van der Waals surface area contributed by atoms with Crippen LogP contribution in [0.3, 0.4) is 0 Å². The lowest BCUT2D eigenvalue weighted by atomic mass is 10.1. The number of amides is 1. The molecule has 0 saturated carbocycles. The molecule has 1 aromatic carbocycles. The molecule has 2 heterocycles. The number of carbonyl (C=O) groups is 1. The lowest BCUT2D eigenvalue weighted by molar-refractivity contribution is -0.123. The Balaban J connectivity index is 1.56. The van der Waals surface area contributed by atoms with Crippen molar-refractivity contribution >= 4 is 5.91 Å². The van der Waals surface area contributed by atoms with E-state index in [1.165, 1.54) is 18.4 Å². The van der Waals surface area contributed by atoms with Gasteiger partial charge >= 0.3 is 0 Å². The van der Waals surface area contributed by atoms with E-state index in [-0.39, 0.29) is 5.91 Å². The van der Waals surface area contributed by atoms with E-state index in [2.05, 4.69) is 21.6 Å². The van der Waals surface area contributed by atoms with E-state index in [1.807, 2.05) is 18.2 Å². The summed E-state index contributed by atoms with van der Waals surface area (Å²) in [6.07, 6.45) is 2.05. The van der Waals surface area contributed by atoms with Gasteiger partial charge in [-0.3, -0.25) is 15.0 Å². The van der Waals surface area contributed by atoms with Gasteiger partial charge < -0.3 is 5.32 Å². The van der Waals surface area contributed by atoms with Crippen LogP contribution in [0.25, 0.3) is 0 Å². The zero-order chi connectivity index (χ0) is 16.3. The van der Waals surface area contributed by atoms with Crippen molar-refractivity contribution in [3.63, 3.8) is 0 Å². The Labute approximate surface area is 135 Å². The fraction of sp³-hybridized carbons (Fsp3) is 0.588. The monoisotopic (exact) mass is 323 g/mol. The Bertz CT molecular complexity index is 559. The smallest absolute Gasteiger partial charge is 0.262 e. The predicted octanol–water partition coefficient (Wildman–Crippen LogP) is 1.90. The van der Waals surface area contributed by atoms with Crippen LogP contribution in [0.15, 0.2) is 24.3 Å². The van der Waals surface area contributed by atoms with Crippen molar-refractivity contribution in [2.75, 3.05) is 19.6 Å². The van der Waals surface area contributed by atoms with Crippen molar-refractivity contribution in [1.82, 2.24) is 15.5 Å². The summed E-state index contributed by atoms with van der Waals surface area (Å²) in [6.45, 7) is 3.07. The summed E-state index contributed by atoms with van der Waals surface area (Å²) in [5.74, 6) is -3.13. The molecule has 1 amide bonds. The molecule has 2 fully saturated rings. The lowest BCUT2D eigenvalue weighted by Gasteiger charge is -2.18. The van der Waals surface area contributed by atoms with Crippen LogP contribution >= 0.6 is 0 Å². The van der Waals surface area contributed by atoms with Gasteiger partial charge in [0.1, 0.15) is 0 Å². The molecule has 6 heteroatoms. The number of likely N-dealkylation sites (tertiary alicyclic amines) is 1. The van der Waals surface area contributed by atoms with Crippen LogP contribution in [0, 0.1) is 0 Å². The SMILES string of the molecule is O=C(NCc1ccccc1CN1CCCC1)C1CC(F)(F)CN1. The summed E-state index contributed by atoms with van der Waals surface area (Å²) in [6, 6.07) is 7.20. The average molecular weight is 323 g/mol. The molecular weight excluding hydrogens is 300 g/mol. The Hall–Kier alpha value is -1.53. The highest BCUT2D eigenvalue weighted by Gasteiger charge is 2.42. The van der Waals surface area contributed by atoms with Gasteiger partial charge in [0.15, 0.2) is 0 Å². The molecule has 2 N–H and O–H groups in total. The van der Waals surface area contributed by atoms with Crippen molar-refractivity contribution in [3.05, 3.63) is 35.4 Å². The van der Waals surface area contributed by atoms with E-state index in [9.17, 15) is 13.6 Å². The number of carbonyl (C=O) groups excluding carboxylic acids is 1. The first-order chi connectivity index (χ1) is 11.0. The average Bonchev–Trinajstić information content (AvgIpc) is 3.15. The first-order valence-corrected chi connectivity index (χ1v) is 8.22. The molecule has 0 aromatic heterocycles.